The van der Waals surface area contributed by atoms with Gasteiger partial charge in [-0.3, -0.25) is 10.0 Å². The van der Waals surface area contributed by atoms with Crippen molar-refractivity contribution in [1.82, 2.24) is 20.4 Å². The molecular weight excluding hydrogens is 358 g/mol. The Balaban J connectivity index is 1.84. The van der Waals surface area contributed by atoms with Crippen LogP contribution in [0.5, 0.6) is 5.88 Å². The van der Waals surface area contributed by atoms with E-state index in [2.05, 4.69) is 20.3 Å². The Kier molecular flexibility index (Phi) is 6.00. The van der Waals surface area contributed by atoms with E-state index in [1.54, 1.807) is 24.9 Å². The lowest BCUT2D eigenvalue weighted by molar-refractivity contribution is -0.131. The predicted molar refractivity (Wildman–Crippen MR) is 106 cm³/mol. The third-order valence-corrected chi connectivity index (χ3v) is 4.41. The van der Waals surface area contributed by atoms with Gasteiger partial charge >= 0.3 is 0 Å². The fourth-order valence-corrected chi connectivity index (χ4v) is 3.02. The van der Waals surface area contributed by atoms with Crippen molar-refractivity contribution in [3.63, 3.8) is 0 Å². The van der Waals surface area contributed by atoms with Crippen LogP contribution >= 0.6 is 0 Å². The molecule has 3 rings (SSSR count). The predicted octanol–water partition coefficient (Wildman–Crippen LogP) is 3.41. The summed E-state index contributed by atoms with van der Waals surface area (Å²) in [5.74, 6) is 0.614. The number of hydroxylamine groups is 1. The lowest BCUT2D eigenvalue weighted by Crippen LogP contribution is -2.27. The number of hydrogen-bond donors (Lipinski definition) is 3. The van der Waals surface area contributed by atoms with E-state index < -0.39 is 11.8 Å². The third-order valence-electron chi connectivity index (χ3n) is 4.41. The zero-order valence-corrected chi connectivity index (χ0v) is 16.0. The summed E-state index contributed by atoms with van der Waals surface area (Å²) in [4.78, 5) is 24.8. The SMILES string of the molecule is COc1cc2ncnc(Nc3ccc(C(CC(C)C)C(=O)NO)cc3)c2cn1. The number of fused-ring (bicyclic) bond motifs is 1. The van der Waals surface area contributed by atoms with Crippen LogP contribution in [0.15, 0.2) is 42.9 Å². The lowest BCUT2D eigenvalue weighted by Gasteiger charge is -2.18. The second kappa shape index (κ2) is 8.62. The van der Waals surface area contributed by atoms with Crippen molar-refractivity contribution in [1.29, 1.82) is 0 Å². The topological polar surface area (TPSA) is 109 Å². The van der Waals surface area contributed by atoms with Crippen molar-refractivity contribution in [2.24, 2.45) is 5.92 Å². The first-order chi connectivity index (χ1) is 13.5. The van der Waals surface area contributed by atoms with E-state index in [1.165, 1.54) is 6.33 Å². The smallest absolute Gasteiger partial charge is 0.250 e. The molecule has 2 aromatic heterocycles. The molecule has 0 saturated carbocycles. The summed E-state index contributed by atoms with van der Waals surface area (Å²) in [5, 5.41) is 13.0. The summed E-state index contributed by atoms with van der Waals surface area (Å²) < 4.78 is 5.13. The normalized spacial score (nSPS) is 12.0. The number of carbonyl (C=O) groups excluding carboxylic acids is 1. The first-order valence-electron chi connectivity index (χ1n) is 8.97. The van der Waals surface area contributed by atoms with Gasteiger partial charge in [0.05, 0.1) is 23.9 Å². The monoisotopic (exact) mass is 381 g/mol. The average Bonchev–Trinajstić information content (AvgIpc) is 2.71. The maximum Gasteiger partial charge on any atom is 0.250 e. The third kappa shape index (κ3) is 4.34. The molecule has 1 amide bonds. The lowest BCUT2D eigenvalue weighted by atomic mass is 9.89. The number of nitrogens with one attached hydrogen (secondary N) is 2. The van der Waals surface area contributed by atoms with Gasteiger partial charge in [0.15, 0.2) is 0 Å². The molecule has 0 aliphatic heterocycles. The number of rotatable bonds is 7. The number of amides is 1. The van der Waals surface area contributed by atoms with E-state index in [1.807, 2.05) is 38.1 Å². The highest BCUT2D eigenvalue weighted by molar-refractivity contribution is 5.90. The molecule has 0 bridgehead atoms. The first-order valence-corrected chi connectivity index (χ1v) is 8.97. The van der Waals surface area contributed by atoms with E-state index in [4.69, 9.17) is 9.94 Å². The molecule has 3 N–H and O–H groups in total. The molecule has 8 nitrogen and oxygen atoms in total. The Bertz CT molecular complexity index is 960. The number of methoxy groups -OCH3 is 1. The number of anilines is 2. The number of pyridine rings is 1. The Morgan fingerprint density at radius 3 is 2.57 bits per heavy atom. The van der Waals surface area contributed by atoms with Gasteiger partial charge in [-0.2, -0.15) is 0 Å². The van der Waals surface area contributed by atoms with Gasteiger partial charge in [0.25, 0.3) is 5.91 Å². The zero-order chi connectivity index (χ0) is 20.1. The summed E-state index contributed by atoms with van der Waals surface area (Å²) in [6, 6.07) is 9.23. The molecule has 1 atom stereocenters. The minimum Gasteiger partial charge on any atom is -0.481 e. The largest absolute Gasteiger partial charge is 0.481 e. The number of benzene rings is 1. The van der Waals surface area contributed by atoms with Crippen molar-refractivity contribution in [2.75, 3.05) is 12.4 Å². The zero-order valence-electron chi connectivity index (χ0n) is 16.0. The van der Waals surface area contributed by atoms with Crippen LogP contribution in [-0.4, -0.2) is 33.2 Å². The second-order valence-electron chi connectivity index (χ2n) is 6.87. The van der Waals surface area contributed by atoms with Crippen LogP contribution in [0.3, 0.4) is 0 Å². The van der Waals surface area contributed by atoms with Gasteiger partial charge in [0.2, 0.25) is 5.88 Å². The number of carbonyl (C=O) groups is 1. The van der Waals surface area contributed by atoms with Crippen LogP contribution in [0.4, 0.5) is 11.5 Å². The maximum absolute atomic E-state index is 12.0. The van der Waals surface area contributed by atoms with E-state index >= 15 is 0 Å². The first kappa shape index (κ1) is 19.5. The molecule has 28 heavy (non-hydrogen) atoms. The molecule has 1 unspecified atom stereocenters. The quantitative estimate of drug-likeness (QED) is 0.425. The van der Waals surface area contributed by atoms with Crippen LogP contribution in [0.25, 0.3) is 10.9 Å². The van der Waals surface area contributed by atoms with Crippen molar-refractivity contribution >= 4 is 28.3 Å². The molecule has 8 heteroatoms. The van der Waals surface area contributed by atoms with Crippen molar-refractivity contribution < 1.29 is 14.7 Å². The molecule has 1 aromatic carbocycles. The number of nitrogens with zero attached hydrogens (tertiary/aromatic N) is 3. The van der Waals surface area contributed by atoms with E-state index in [0.717, 1.165) is 22.2 Å². The highest BCUT2D eigenvalue weighted by atomic mass is 16.5. The highest BCUT2D eigenvalue weighted by Gasteiger charge is 2.21. The van der Waals surface area contributed by atoms with Gasteiger partial charge < -0.3 is 10.1 Å². The highest BCUT2D eigenvalue weighted by Crippen LogP contribution is 2.28. The molecule has 0 saturated heterocycles. The second-order valence-corrected chi connectivity index (χ2v) is 6.87. The van der Waals surface area contributed by atoms with Gasteiger partial charge in [-0.25, -0.2) is 20.4 Å². The summed E-state index contributed by atoms with van der Waals surface area (Å²) >= 11 is 0. The van der Waals surface area contributed by atoms with Gasteiger partial charge in [-0.05, 0) is 30.0 Å². The number of aromatic nitrogens is 3. The van der Waals surface area contributed by atoms with E-state index in [0.29, 0.717) is 24.0 Å². The van der Waals surface area contributed by atoms with Gasteiger partial charge in [0, 0.05) is 18.0 Å². The number of ether oxygens (including phenoxy) is 1. The summed E-state index contributed by atoms with van der Waals surface area (Å²) in [6.07, 6.45) is 3.78. The van der Waals surface area contributed by atoms with Crippen LogP contribution < -0.4 is 15.5 Å². The Morgan fingerprint density at radius 2 is 1.93 bits per heavy atom. The molecule has 2 heterocycles. The summed E-state index contributed by atoms with van der Waals surface area (Å²) in [5.41, 5.74) is 4.13. The standard InChI is InChI=1S/C20H23N5O3/c1-12(2)8-15(20(26)25-27)13-4-6-14(7-5-13)24-19-16-10-21-18(28-3)9-17(16)22-11-23-19/h4-7,9-12,15,27H,8H2,1-3H3,(H,25,26)(H,22,23,24). The van der Waals surface area contributed by atoms with Gasteiger partial charge in [0.1, 0.15) is 12.1 Å². The molecule has 0 spiro atoms. The van der Waals surface area contributed by atoms with Crippen LogP contribution in [-0.2, 0) is 4.79 Å². The van der Waals surface area contributed by atoms with Crippen LogP contribution in [0.1, 0.15) is 31.7 Å². The maximum atomic E-state index is 12.0. The molecule has 3 aromatic rings. The van der Waals surface area contributed by atoms with Crippen LogP contribution in [0, 0.1) is 5.92 Å². The average molecular weight is 381 g/mol. The fourth-order valence-electron chi connectivity index (χ4n) is 3.02. The molecule has 0 radical (unpaired) electrons. The molecule has 0 aliphatic rings. The van der Waals surface area contributed by atoms with Crippen molar-refractivity contribution in [3.05, 3.63) is 48.4 Å². The van der Waals surface area contributed by atoms with Crippen LogP contribution in [0.2, 0.25) is 0 Å². The Morgan fingerprint density at radius 1 is 1.18 bits per heavy atom. The minimum absolute atomic E-state index is 0.317. The molecule has 0 fully saturated rings. The minimum atomic E-state index is -0.407. The van der Waals surface area contributed by atoms with E-state index in [-0.39, 0.29) is 0 Å². The Hall–Kier alpha value is -3.26. The molecule has 0 aliphatic carbocycles. The van der Waals surface area contributed by atoms with Crippen molar-refractivity contribution in [3.8, 4) is 5.88 Å². The van der Waals surface area contributed by atoms with Gasteiger partial charge in [-0.15, -0.1) is 0 Å². The van der Waals surface area contributed by atoms with Gasteiger partial charge in [-0.1, -0.05) is 26.0 Å². The van der Waals surface area contributed by atoms with Crippen molar-refractivity contribution in [2.45, 2.75) is 26.2 Å². The Labute approximate surface area is 163 Å². The summed E-state index contributed by atoms with van der Waals surface area (Å²) in [7, 11) is 1.56. The fraction of sp³-hybridized carbons (Fsp3) is 0.300. The summed E-state index contributed by atoms with van der Waals surface area (Å²) in [6.45, 7) is 4.08. The molecule has 146 valence electrons. The molecular formula is C20H23N5O3. The number of hydrogen-bond acceptors (Lipinski definition) is 7. The van der Waals surface area contributed by atoms with E-state index in [9.17, 15) is 4.79 Å².